The molecule has 2 aromatic carbocycles. The molecule has 0 unspecified atom stereocenters. The molecule has 3 aliphatic heterocycles. The molecule has 2 aromatic rings. The minimum atomic E-state index is -3.77. The molecule has 0 aromatic heterocycles. The van der Waals surface area contributed by atoms with Crippen molar-refractivity contribution in [2.75, 3.05) is 25.0 Å². The Hall–Kier alpha value is -2.29. The molecule has 0 saturated carbocycles. The van der Waals surface area contributed by atoms with Crippen LogP contribution >= 0.6 is 0 Å². The van der Waals surface area contributed by atoms with Crippen molar-refractivity contribution in [3.05, 3.63) is 65.5 Å². The summed E-state index contributed by atoms with van der Waals surface area (Å²) < 4.78 is 43.9. The molecule has 5 rings (SSSR count). The van der Waals surface area contributed by atoms with Crippen molar-refractivity contribution < 1.29 is 17.6 Å². The number of nitrogens with zero attached hydrogens (tertiary/aromatic N) is 2. The number of fused-ring (bicyclic) bond motifs is 2. The summed E-state index contributed by atoms with van der Waals surface area (Å²) >= 11 is 0. The number of halogens is 1. The number of hydrogen-bond acceptors (Lipinski definition) is 3. The Balaban J connectivity index is 1.66. The van der Waals surface area contributed by atoms with Gasteiger partial charge in [-0.1, -0.05) is 36.8 Å². The highest BCUT2D eigenvalue weighted by Gasteiger charge is 2.61. The van der Waals surface area contributed by atoms with Crippen LogP contribution in [0.4, 0.5) is 10.1 Å². The summed E-state index contributed by atoms with van der Waals surface area (Å²) in [5, 5.41) is 2.94. The van der Waals surface area contributed by atoms with Crippen LogP contribution in [0.15, 0.2) is 48.5 Å². The lowest BCUT2D eigenvalue weighted by molar-refractivity contribution is -0.121. The summed E-state index contributed by atoms with van der Waals surface area (Å²) in [6, 6.07) is 12.6. The summed E-state index contributed by atoms with van der Waals surface area (Å²) in [5.41, 5.74) is 1.12. The number of nitrogens with one attached hydrogen (secondary N) is 1. The fraction of sp³-hybridized carbons (Fsp3) is 0.409. The largest absolute Gasteiger partial charge is 0.325 e. The van der Waals surface area contributed by atoms with Crippen molar-refractivity contribution in [3.8, 4) is 0 Å². The van der Waals surface area contributed by atoms with Crippen LogP contribution in [0.2, 0.25) is 0 Å². The number of rotatable bonds is 3. The number of amides is 1. The maximum absolute atomic E-state index is 13.7. The molecule has 0 bridgehead atoms. The quantitative estimate of drug-likeness (QED) is 0.815. The first-order valence-electron chi connectivity index (χ1n) is 10.4. The molecule has 8 heteroatoms. The standard InChI is InChI=1S/C22H24FN3O3S/c23-17-10-8-16(9-11-17)20-22(18-6-2-3-7-19(18)24-21(22)27)12-15-26(20)30(28,29)25-13-4-1-5-14-25/h2-3,6-11,20H,1,4-5,12-15H2,(H,24,27)/t20-,22+/m0/s1. The summed E-state index contributed by atoms with van der Waals surface area (Å²) in [7, 11) is -3.77. The molecule has 158 valence electrons. The second-order valence-electron chi connectivity index (χ2n) is 8.25. The third-order valence-electron chi connectivity index (χ3n) is 6.67. The van der Waals surface area contributed by atoms with Crippen molar-refractivity contribution in [2.24, 2.45) is 0 Å². The number of piperidine rings is 1. The predicted octanol–water partition coefficient (Wildman–Crippen LogP) is 3.19. The van der Waals surface area contributed by atoms with Gasteiger partial charge >= 0.3 is 0 Å². The van der Waals surface area contributed by atoms with Crippen LogP contribution < -0.4 is 5.32 Å². The average Bonchev–Trinajstić information content (AvgIpc) is 3.30. The maximum Gasteiger partial charge on any atom is 0.282 e. The first-order valence-corrected chi connectivity index (χ1v) is 11.8. The highest BCUT2D eigenvalue weighted by atomic mass is 32.2. The van der Waals surface area contributed by atoms with E-state index in [0.29, 0.717) is 30.8 Å². The topological polar surface area (TPSA) is 69.7 Å². The first kappa shape index (κ1) is 19.7. The average molecular weight is 430 g/mol. The Kier molecular flexibility index (Phi) is 4.68. The monoisotopic (exact) mass is 429 g/mol. The maximum atomic E-state index is 13.7. The Morgan fingerprint density at radius 3 is 2.40 bits per heavy atom. The molecule has 0 aliphatic carbocycles. The van der Waals surface area contributed by atoms with Crippen molar-refractivity contribution in [1.29, 1.82) is 0 Å². The van der Waals surface area contributed by atoms with E-state index in [1.54, 1.807) is 12.1 Å². The summed E-state index contributed by atoms with van der Waals surface area (Å²) in [5.74, 6) is -0.595. The van der Waals surface area contributed by atoms with Gasteiger partial charge in [-0.15, -0.1) is 0 Å². The van der Waals surface area contributed by atoms with Gasteiger partial charge in [0.1, 0.15) is 5.82 Å². The van der Waals surface area contributed by atoms with Crippen LogP contribution in [0.1, 0.15) is 42.9 Å². The number of benzene rings is 2. The summed E-state index contributed by atoms with van der Waals surface area (Å²) in [6.45, 7) is 1.22. The first-order chi connectivity index (χ1) is 14.4. The molecule has 2 saturated heterocycles. The van der Waals surface area contributed by atoms with Gasteiger partial charge in [-0.25, -0.2) is 4.39 Å². The lowest BCUT2D eigenvalue weighted by Gasteiger charge is -2.37. The molecule has 30 heavy (non-hydrogen) atoms. The zero-order valence-corrected chi connectivity index (χ0v) is 17.4. The zero-order chi connectivity index (χ0) is 20.9. The minimum Gasteiger partial charge on any atom is -0.325 e. The fourth-order valence-electron chi connectivity index (χ4n) is 5.24. The van der Waals surface area contributed by atoms with E-state index >= 15 is 0 Å². The van der Waals surface area contributed by atoms with E-state index in [1.807, 2.05) is 24.3 Å². The molecule has 3 aliphatic rings. The van der Waals surface area contributed by atoms with Crippen LogP contribution in [-0.2, 0) is 20.4 Å². The van der Waals surface area contributed by atoms with Gasteiger partial charge in [0.05, 0.1) is 11.5 Å². The SMILES string of the molecule is O=C1Nc2ccccc2[C@@]12CCN(S(=O)(=O)N1CCCCC1)[C@H]2c1ccc(F)cc1. The predicted molar refractivity (Wildman–Crippen MR) is 112 cm³/mol. The number of carbonyl (C=O) groups is 1. The van der Waals surface area contributed by atoms with Gasteiger partial charge in [0.2, 0.25) is 5.91 Å². The highest BCUT2D eigenvalue weighted by molar-refractivity contribution is 7.86. The summed E-state index contributed by atoms with van der Waals surface area (Å²) in [4.78, 5) is 13.3. The second-order valence-corrected chi connectivity index (χ2v) is 10.1. The number of anilines is 1. The third-order valence-corrected chi connectivity index (χ3v) is 8.67. The lowest BCUT2D eigenvalue weighted by Crippen LogP contribution is -2.48. The molecule has 6 nitrogen and oxygen atoms in total. The molecule has 1 N–H and O–H groups in total. The molecule has 2 fully saturated rings. The van der Waals surface area contributed by atoms with E-state index in [0.717, 1.165) is 24.8 Å². The van der Waals surface area contributed by atoms with E-state index in [4.69, 9.17) is 0 Å². The van der Waals surface area contributed by atoms with Crippen LogP contribution in [0, 0.1) is 5.82 Å². The van der Waals surface area contributed by atoms with Crippen LogP contribution in [0.3, 0.4) is 0 Å². The van der Waals surface area contributed by atoms with Gasteiger partial charge in [-0.3, -0.25) is 4.79 Å². The Labute approximate surface area is 175 Å². The van der Waals surface area contributed by atoms with Crippen LogP contribution in [0.25, 0.3) is 0 Å². The number of hydrogen-bond donors (Lipinski definition) is 1. The van der Waals surface area contributed by atoms with E-state index < -0.39 is 27.5 Å². The van der Waals surface area contributed by atoms with Crippen molar-refractivity contribution in [2.45, 2.75) is 37.1 Å². The van der Waals surface area contributed by atoms with Gasteiger partial charge in [0.25, 0.3) is 10.2 Å². The molecule has 2 atom stereocenters. The summed E-state index contributed by atoms with van der Waals surface area (Å²) in [6.07, 6.45) is 3.07. The molecular formula is C22H24FN3O3S. The fourth-order valence-corrected chi connectivity index (χ4v) is 7.15. The van der Waals surface area contributed by atoms with E-state index in [-0.39, 0.29) is 12.5 Å². The normalized spacial score (nSPS) is 27.4. The Morgan fingerprint density at radius 1 is 0.967 bits per heavy atom. The van der Waals surface area contributed by atoms with Crippen molar-refractivity contribution in [1.82, 2.24) is 8.61 Å². The lowest BCUT2D eigenvalue weighted by atomic mass is 9.73. The Bertz CT molecular complexity index is 1080. The molecular weight excluding hydrogens is 405 g/mol. The molecule has 0 radical (unpaired) electrons. The highest BCUT2D eigenvalue weighted by Crippen LogP contribution is 2.55. The number of carbonyl (C=O) groups excluding carboxylic acids is 1. The smallest absolute Gasteiger partial charge is 0.282 e. The van der Waals surface area contributed by atoms with Gasteiger partial charge in [0, 0.05) is 25.3 Å². The van der Waals surface area contributed by atoms with Gasteiger partial charge in [0.15, 0.2) is 0 Å². The minimum absolute atomic E-state index is 0.200. The van der Waals surface area contributed by atoms with E-state index in [2.05, 4.69) is 5.32 Å². The second kappa shape index (κ2) is 7.14. The van der Waals surface area contributed by atoms with Gasteiger partial charge in [-0.05, 0) is 48.6 Å². The van der Waals surface area contributed by atoms with Crippen LogP contribution in [0.5, 0.6) is 0 Å². The van der Waals surface area contributed by atoms with Gasteiger partial charge < -0.3 is 5.32 Å². The van der Waals surface area contributed by atoms with E-state index in [9.17, 15) is 17.6 Å². The van der Waals surface area contributed by atoms with Gasteiger partial charge in [-0.2, -0.15) is 17.0 Å². The third kappa shape index (κ3) is 2.81. The zero-order valence-electron chi connectivity index (χ0n) is 16.6. The van der Waals surface area contributed by atoms with Crippen LogP contribution in [-0.4, -0.2) is 42.6 Å². The van der Waals surface area contributed by atoms with E-state index in [1.165, 1.54) is 20.7 Å². The molecule has 1 amide bonds. The Morgan fingerprint density at radius 2 is 1.67 bits per heavy atom. The molecule has 3 heterocycles. The van der Waals surface area contributed by atoms with Crippen molar-refractivity contribution >= 4 is 21.8 Å². The van der Waals surface area contributed by atoms with Crippen molar-refractivity contribution in [3.63, 3.8) is 0 Å². The number of para-hydroxylation sites is 1. The molecule has 1 spiro atoms.